The second-order valence-electron chi connectivity index (χ2n) is 2.49. The molecular weight excluding hydrogens is 142 g/mol. The summed E-state index contributed by atoms with van der Waals surface area (Å²) in [6.45, 7) is 4.37. The molecule has 2 heteroatoms. The van der Waals surface area contributed by atoms with Crippen LogP contribution in [0.1, 0.15) is 39.5 Å². The van der Waals surface area contributed by atoms with Gasteiger partial charge in [0.15, 0.2) is 0 Å². The highest BCUT2D eigenvalue weighted by molar-refractivity contribution is 7.78. The van der Waals surface area contributed by atoms with Gasteiger partial charge in [-0.25, -0.2) is 0 Å². The average Bonchev–Trinajstić information content (AvgIpc) is 1.98. The molecule has 0 rings (SSSR count). The second kappa shape index (κ2) is 7.00. The molecule has 0 fully saturated rings. The topological polar surface area (TPSA) is 12.0 Å². The van der Waals surface area contributed by atoms with Crippen LogP contribution >= 0.6 is 12.2 Å². The molecular formula is C8H16NS. The smallest absolute Gasteiger partial charge is 0.134 e. The van der Waals surface area contributed by atoms with Crippen LogP contribution in [0.15, 0.2) is 0 Å². The van der Waals surface area contributed by atoms with Gasteiger partial charge in [-0.1, -0.05) is 38.9 Å². The molecule has 0 aliphatic heterocycles. The molecule has 1 atom stereocenters. The lowest BCUT2D eigenvalue weighted by molar-refractivity contribution is 0.525. The van der Waals surface area contributed by atoms with Crippen molar-refractivity contribution < 1.29 is 0 Å². The van der Waals surface area contributed by atoms with Crippen molar-refractivity contribution in [2.75, 3.05) is 0 Å². The summed E-state index contributed by atoms with van der Waals surface area (Å²) in [7, 11) is 0. The summed E-state index contributed by atoms with van der Waals surface area (Å²) in [4.78, 5) is 0. The summed E-state index contributed by atoms with van der Waals surface area (Å²) in [5.41, 5.74) is 2.56. The van der Waals surface area contributed by atoms with E-state index < -0.39 is 0 Å². The third kappa shape index (κ3) is 4.74. The molecule has 1 nitrogen and oxygen atoms in total. The van der Waals surface area contributed by atoms with Crippen LogP contribution < -0.4 is 5.32 Å². The Hall–Kier alpha value is -0.110. The van der Waals surface area contributed by atoms with E-state index in [9.17, 15) is 0 Å². The molecule has 0 aliphatic carbocycles. The van der Waals surface area contributed by atoms with Crippen molar-refractivity contribution in [1.29, 1.82) is 0 Å². The minimum absolute atomic E-state index is 0.553. The quantitative estimate of drug-likeness (QED) is 0.470. The van der Waals surface area contributed by atoms with Crippen LogP contribution in [0.5, 0.6) is 0 Å². The van der Waals surface area contributed by atoms with E-state index in [2.05, 4.69) is 36.9 Å². The van der Waals surface area contributed by atoms with Crippen molar-refractivity contribution in [1.82, 2.24) is 5.32 Å². The SMILES string of the molecule is CCCCC(CC)N[C]=S. The molecule has 0 saturated carbocycles. The summed E-state index contributed by atoms with van der Waals surface area (Å²) >= 11 is 4.58. The zero-order chi connectivity index (χ0) is 7.82. The molecule has 0 saturated heterocycles. The number of unbranched alkanes of at least 4 members (excludes halogenated alkanes) is 1. The minimum Gasteiger partial charge on any atom is -0.371 e. The molecule has 1 radical (unpaired) electrons. The summed E-state index contributed by atoms with van der Waals surface area (Å²) in [5.74, 6) is 0. The molecule has 0 bridgehead atoms. The Morgan fingerprint density at radius 3 is 2.60 bits per heavy atom. The summed E-state index contributed by atoms with van der Waals surface area (Å²) in [5, 5.41) is 3.03. The van der Waals surface area contributed by atoms with Crippen LogP contribution in [0.2, 0.25) is 0 Å². The predicted molar refractivity (Wildman–Crippen MR) is 49.3 cm³/mol. The van der Waals surface area contributed by atoms with Crippen molar-refractivity contribution in [3.05, 3.63) is 0 Å². The first-order chi connectivity index (χ1) is 4.85. The maximum absolute atomic E-state index is 4.58. The standard InChI is InChI=1S/C8H16NS/c1-3-5-6-8(4-2)9-7-10/h8H,3-6H2,1-2H3,(H,9,10). The van der Waals surface area contributed by atoms with Crippen LogP contribution in [0.4, 0.5) is 0 Å². The summed E-state index contributed by atoms with van der Waals surface area (Å²) < 4.78 is 0. The molecule has 10 heavy (non-hydrogen) atoms. The van der Waals surface area contributed by atoms with Gasteiger partial charge in [-0.05, 0) is 12.8 Å². The Balaban J connectivity index is 3.29. The number of thiocarbonyl (C=S) groups is 1. The van der Waals surface area contributed by atoms with E-state index in [0.717, 1.165) is 6.42 Å². The van der Waals surface area contributed by atoms with E-state index in [-0.39, 0.29) is 0 Å². The van der Waals surface area contributed by atoms with Gasteiger partial charge in [0.2, 0.25) is 0 Å². The van der Waals surface area contributed by atoms with Crippen molar-refractivity contribution in [3.63, 3.8) is 0 Å². The third-order valence-electron chi connectivity index (χ3n) is 1.66. The third-order valence-corrected chi connectivity index (χ3v) is 1.78. The van der Waals surface area contributed by atoms with Crippen LogP contribution in [0.25, 0.3) is 0 Å². The molecule has 0 aromatic rings. The first-order valence-corrected chi connectivity index (χ1v) is 4.38. The fraction of sp³-hybridized carbons (Fsp3) is 0.875. The molecule has 0 heterocycles. The maximum atomic E-state index is 4.58. The zero-order valence-corrected chi connectivity index (χ0v) is 7.63. The number of nitrogens with one attached hydrogen (secondary N) is 1. The van der Waals surface area contributed by atoms with Crippen molar-refractivity contribution in [2.24, 2.45) is 0 Å². The van der Waals surface area contributed by atoms with Gasteiger partial charge in [0.1, 0.15) is 5.49 Å². The largest absolute Gasteiger partial charge is 0.371 e. The number of hydrogen-bond donors (Lipinski definition) is 1. The predicted octanol–water partition coefficient (Wildman–Crippen LogP) is 2.38. The van der Waals surface area contributed by atoms with E-state index in [1.165, 1.54) is 19.3 Å². The lowest BCUT2D eigenvalue weighted by Crippen LogP contribution is -2.25. The Morgan fingerprint density at radius 2 is 2.20 bits per heavy atom. The van der Waals surface area contributed by atoms with Gasteiger partial charge in [-0.15, -0.1) is 0 Å². The van der Waals surface area contributed by atoms with Gasteiger partial charge in [0.25, 0.3) is 0 Å². The fourth-order valence-corrected chi connectivity index (χ4v) is 1.08. The summed E-state index contributed by atoms with van der Waals surface area (Å²) in [6, 6.07) is 0.553. The molecule has 0 amide bonds. The Morgan fingerprint density at radius 1 is 1.50 bits per heavy atom. The molecule has 0 aromatic heterocycles. The zero-order valence-electron chi connectivity index (χ0n) is 6.81. The van der Waals surface area contributed by atoms with Crippen LogP contribution in [0.3, 0.4) is 0 Å². The van der Waals surface area contributed by atoms with Gasteiger partial charge in [-0.2, -0.15) is 0 Å². The molecule has 1 N–H and O–H groups in total. The monoisotopic (exact) mass is 158 g/mol. The Bertz CT molecular complexity index is 83.3. The minimum atomic E-state index is 0.553. The highest BCUT2D eigenvalue weighted by Gasteiger charge is 2.00. The van der Waals surface area contributed by atoms with Crippen LogP contribution in [0, 0.1) is 0 Å². The van der Waals surface area contributed by atoms with Crippen LogP contribution in [-0.4, -0.2) is 11.5 Å². The van der Waals surface area contributed by atoms with Crippen LogP contribution in [-0.2, 0) is 0 Å². The first kappa shape index (κ1) is 9.89. The first-order valence-electron chi connectivity index (χ1n) is 3.97. The Labute approximate surface area is 69.2 Å². The van der Waals surface area contributed by atoms with Crippen molar-refractivity contribution in [3.8, 4) is 0 Å². The van der Waals surface area contributed by atoms with E-state index >= 15 is 0 Å². The molecule has 59 valence electrons. The molecule has 1 unspecified atom stereocenters. The maximum Gasteiger partial charge on any atom is 0.134 e. The lowest BCUT2D eigenvalue weighted by Gasteiger charge is -2.12. The molecule has 0 aromatic carbocycles. The van der Waals surface area contributed by atoms with Gasteiger partial charge in [-0.3, -0.25) is 0 Å². The lowest BCUT2D eigenvalue weighted by atomic mass is 10.1. The van der Waals surface area contributed by atoms with Gasteiger partial charge in [0.05, 0.1) is 0 Å². The second-order valence-corrected chi connectivity index (χ2v) is 2.70. The number of rotatable bonds is 6. The molecule has 0 aliphatic rings. The van der Waals surface area contributed by atoms with Gasteiger partial charge < -0.3 is 5.32 Å². The van der Waals surface area contributed by atoms with E-state index in [1.807, 2.05) is 0 Å². The van der Waals surface area contributed by atoms with E-state index in [1.54, 1.807) is 0 Å². The van der Waals surface area contributed by atoms with E-state index in [0.29, 0.717) is 6.04 Å². The molecule has 0 spiro atoms. The fourth-order valence-electron chi connectivity index (χ4n) is 0.912. The number of hydrogen-bond acceptors (Lipinski definition) is 1. The highest BCUT2D eigenvalue weighted by atomic mass is 32.1. The van der Waals surface area contributed by atoms with Gasteiger partial charge >= 0.3 is 0 Å². The van der Waals surface area contributed by atoms with Crippen molar-refractivity contribution >= 4 is 17.7 Å². The normalized spacial score (nSPS) is 12.6. The average molecular weight is 158 g/mol. The van der Waals surface area contributed by atoms with Crippen molar-refractivity contribution in [2.45, 2.75) is 45.6 Å². The Kier molecular flexibility index (Phi) is 6.93. The van der Waals surface area contributed by atoms with Gasteiger partial charge in [0, 0.05) is 6.04 Å². The summed E-state index contributed by atoms with van der Waals surface area (Å²) in [6.07, 6.45) is 4.90. The van der Waals surface area contributed by atoms with E-state index in [4.69, 9.17) is 0 Å². The highest BCUT2D eigenvalue weighted by Crippen LogP contribution is 2.02.